The summed E-state index contributed by atoms with van der Waals surface area (Å²) in [6.07, 6.45) is -0.985. The van der Waals surface area contributed by atoms with E-state index in [4.69, 9.17) is 21.1 Å². The summed E-state index contributed by atoms with van der Waals surface area (Å²) in [6.45, 7) is 1.53. The number of anilines is 1. The molecule has 3 aromatic rings. The molecule has 1 atom stereocenters. The van der Waals surface area contributed by atoms with Crippen molar-refractivity contribution in [3.05, 3.63) is 71.2 Å². The Morgan fingerprint density at radius 2 is 1.79 bits per heavy atom. The van der Waals surface area contributed by atoms with Crippen LogP contribution in [0.25, 0.3) is 10.8 Å². The molecule has 0 unspecified atom stereocenters. The van der Waals surface area contributed by atoms with Crippen molar-refractivity contribution >= 4 is 39.9 Å². The van der Waals surface area contributed by atoms with E-state index in [2.05, 4.69) is 5.32 Å². The first-order chi connectivity index (χ1) is 13.5. The minimum Gasteiger partial charge on any atom is -0.496 e. The van der Waals surface area contributed by atoms with Crippen LogP contribution in [-0.2, 0) is 20.7 Å². The first-order valence-corrected chi connectivity index (χ1v) is 9.15. The number of rotatable bonds is 6. The molecule has 6 heteroatoms. The van der Waals surface area contributed by atoms with Gasteiger partial charge in [-0.2, -0.15) is 0 Å². The molecule has 0 aliphatic rings. The first-order valence-electron chi connectivity index (χ1n) is 8.78. The van der Waals surface area contributed by atoms with E-state index in [0.717, 1.165) is 10.8 Å². The Labute approximate surface area is 168 Å². The van der Waals surface area contributed by atoms with Crippen LogP contribution in [0.4, 0.5) is 5.69 Å². The fourth-order valence-electron chi connectivity index (χ4n) is 2.84. The molecular weight excluding hydrogens is 378 g/mol. The zero-order chi connectivity index (χ0) is 20.1. The average molecular weight is 398 g/mol. The lowest BCUT2D eigenvalue weighted by atomic mass is 10.1. The van der Waals surface area contributed by atoms with Gasteiger partial charge in [-0.1, -0.05) is 41.9 Å². The van der Waals surface area contributed by atoms with E-state index in [0.29, 0.717) is 22.0 Å². The number of halogens is 1. The van der Waals surface area contributed by atoms with E-state index in [9.17, 15) is 9.59 Å². The number of benzene rings is 3. The van der Waals surface area contributed by atoms with Crippen LogP contribution in [-0.4, -0.2) is 25.1 Å². The maximum atomic E-state index is 12.4. The highest BCUT2D eigenvalue weighted by atomic mass is 35.5. The fraction of sp³-hybridized carbons (Fsp3) is 0.182. The fourth-order valence-corrected chi connectivity index (χ4v) is 3.04. The second-order valence-electron chi connectivity index (χ2n) is 6.32. The predicted molar refractivity (Wildman–Crippen MR) is 110 cm³/mol. The van der Waals surface area contributed by atoms with Crippen molar-refractivity contribution < 1.29 is 19.1 Å². The van der Waals surface area contributed by atoms with Gasteiger partial charge in [0.25, 0.3) is 5.91 Å². The molecule has 144 valence electrons. The summed E-state index contributed by atoms with van der Waals surface area (Å²) in [5.41, 5.74) is 1.24. The van der Waals surface area contributed by atoms with Crippen molar-refractivity contribution in [2.24, 2.45) is 0 Å². The molecule has 0 saturated heterocycles. The van der Waals surface area contributed by atoms with Crippen molar-refractivity contribution in [1.82, 2.24) is 0 Å². The van der Waals surface area contributed by atoms with Crippen LogP contribution in [0, 0.1) is 0 Å². The minimum atomic E-state index is -0.941. The quantitative estimate of drug-likeness (QED) is 0.616. The van der Waals surface area contributed by atoms with Gasteiger partial charge in [0.15, 0.2) is 6.10 Å². The molecule has 0 aromatic heterocycles. The van der Waals surface area contributed by atoms with Crippen molar-refractivity contribution in [2.75, 3.05) is 12.4 Å². The third-order valence-corrected chi connectivity index (χ3v) is 4.51. The first kappa shape index (κ1) is 19.7. The van der Waals surface area contributed by atoms with Crippen LogP contribution in [0.2, 0.25) is 5.02 Å². The zero-order valence-electron chi connectivity index (χ0n) is 15.6. The van der Waals surface area contributed by atoms with Crippen LogP contribution >= 0.6 is 11.6 Å². The van der Waals surface area contributed by atoms with Crippen molar-refractivity contribution in [2.45, 2.75) is 19.4 Å². The lowest BCUT2D eigenvalue weighted by Gasteiger charge is -2.15. The minimum absolute atomic E-state index is 0.0443. The molecule has 0 radical (unpaired) electrons. The van der Waals surface area contributed by atoms with E-state index in [1.807, 2.05) is 42.5 Å². The molecule has 5 nitrogen and oxygen atoms in total. The van der Waals surface area contributed by atoms with Crippen LogP contribution in [0.5, 0.6) is 5.75 Å². The number of ether oxygens (including phenoxy) is 2. The highest BCUT2D eigenvalue weighted by Crippen LogP contribution is 2.23. The Balaban J connectivity index is 1.61. The highest BCUT2D eigenvalue weighted by Gasteiger charge is 2.19. The van der Waals surface area contributed by atoms with Crippen LogP contribution in [0.15, 0.2) is 60.7 Å². The summed E-state index contributed by atoms with van der Waals surface area (Å²) in [5, 5.41) is 5.36. The molecule has 0 aliphatic heterocycles. The smallest absolute Gasteiger partial charge is 0.311 e. The summed E-state index contributed by atoms with van der Waals surface area (Å²) >= 11 is 5.97. The lowest BCUT2D eigenvalue weighted by molar-refractivity contribution is -0.152. The molecule has 0 heterocycles. The van der Waals surface area contributed by atoms with Crippen LogP contribution in [0.3, 0.4) is 0 Å². The van der Waals surface area contributed by atoms with Gasteiger partial charge in [0, 0.05) is 16.3 Å². The second-order valence-corrected chi connectivity index (χ2v) is 6.75. The average Bonchev–Trinajstić information content (AvgIpc) is 2.68. The van der Waals surface area contributed by atoms with Gasteiger partial charge in [0.1, 0.15) is 5.75 Å². The summed E-state index contributed by atoms with van der Waals surface area (Å²) in [4.78, 5) is 24.6. The number of fused-ring (bicyclic) bond motifs is 1. The predicted octanol–water partition coefficient (Wildman–Crippen LogP) is 4.61. The monoisotopic (exact) mass is 397 g/mol. The Bertz CT molecular complexity index is 1020. The third kappa shape index (κ3) is 4.81. The molecule has 0 saturated carbocycles. The molecular formula is C22H20ClNO4. The molecule has 0 aliphatic carbocycles. The Morgan fingerprint density at radius 3 is 2.54 bits per heavy atom. The number of hydrogen-bond acceptors (Lipinski definition) is 4. The van der Waals surface area contributed by atoms with Gasteiger partial charge in [0.05, 0.1) is 13.5 Å². The second kappa shape index (κ2) is 8.76. The van der Waals surface area contributed by atoms with Gasteiger partial charge in [0.2, 0.25) is 0 Å². The number of carbonyl (C=O) groups excluding carboxylic acids is 2. The van der Waals surface area contributed by atoms with E-state index in [1.54, 1.807) is 18.2 Å². The van der Waals surface area contributed by atoms with Crippen LogP contribution in [0.1, 0.15) is 12.5 Å². The standard InChI is InChI=1S/C22H20ClNO4/c1-14(28-21(25)13-17-11-18(23)8-10-20(17)27-2)22(26)24-19-9-7-15-5-3-4-6-16(15)12-19/h3-12,14H,13H2,1-2H3,(H,24,26)/t14-/m0/s1. The number of amides is 1. The molecule has 1 N–H and O–H groups in total. The molecule has 3 rings (SSSR count). The van der Waals surface area contributed by atoms with Gasteiger partial charge < -0.3 is 14.8 Å². The summed E-state index contributed by atoms with van der Waals surface area (Å²) in [7, 11) is 1.51. The van der Waals surface area contributed by atoms with Gasteiger partial charge in [-0.25, -0.2) is 0 Å². The molecule has 28 heavy (non-hydrogen) atoms. The van der Waals surface area contributed by atoms with Crippen LogP contribution < -0.4 is 10.1 Å². The number of nitrogens with one attached hydrogen (secondary N) is 1. The number of carbonyl (C=O) groups is 2. The Hall–Kier alpha value is -3.05. The largest absolute Gasteiger partial charge is 0.496 e. The molecule has 0 spiro atoms. The summed E-state index contributed by atoms with van der Waals surface area (Å²) < 4.78 is 10.5. The number of hydrogen-bond donors (Lipinski definition) is 1. The maximum Gasteiger partial charge on any atom is 0.311 e. The Kier molecular flexibility index (Phi) is 6.16. The third-order valence-electron chi connectivity index (χ3n) is 4.27. The summed E-state index contributed by atoms with van der Waals surface area (Å²) in [6, 6.07) is 18.5. The normalized spacial score (nSPS) is 11.7. The number of methoxy groups -OCH3 is 1. The van der Waals surface area contributed by atoms with Crippen molar-refractivity contribution in [3.63, 3.8) is 0 Å². The van der Waals surface area contributed by atoms with Crippen molar-refractivity contribution in [3.8, 4) is 5.75 Å². The SMILES string of the molecule is COc1ccc(Cl)cc1CC(=O)O[C@@H](C)C(=O)Nc1ccc2ccccc2c1. The lowest BCUT2D eigenvalue weighted by Crippen LogP contribution is -2.30. The van der Waals surface area contributed by atoms with Gasteiger partial charge >= 0.3 is 5.97 Å². The number of esters is 1. The van der Waals surface area contributed by atoms with Gasteiger partial charge in [-0.3, -0.25) is 9.59 Å². The Morgan fingerprint density at radius 1 is 1.04 bits per heavy atom. The molecule has 0 bridgehead atoms. The van der Waals surface area contributed by atoms with E-state index in [-0.39, 0.29) is 6.42 Å². The highest BCUT2D eigenvalue weighted by molar-refractivity contribution is 6.30. The topological polar surface area (TPSA) is 64.6 Å². The van der Waals surface area contributed by atoms with E-state index >= 15 is 0 Å². The van der Waals surface area contributed by atoms with Gasteiger partial charge in [-0.15, -0.1) is 0 Å². The zero-order valence-corrected chi connectivity index (χ0v) is 16.3. The van der Waals surface area contributed by atoms with E-state index < -0.39 is 18.0 Å². The molecule has 1 amide bonds. The van der Waals surface area contributed by atoms with E-state index in [1.165, 1.54) is 14.0 Å². The summed E-state index contributed by atoms with van der Waals surface area (Å²) in [5.74, 6) is -0.405. The molecule has 0 fully saturated rings. The maximum absolute atomic E-state index is 12.4. The van der Waals surface area contributed by atoms with Gasteiger partial charge in [-0.05, 0) is 48.0 Å². The molecule has 3 aromatic carbocycles. The van der Waals surface area contributed by atoms with Crippen molar-refractivity contribution in [1.29, 1.82) is 0 Å².